The first-order valence-electron chi connectivity index (χ1n) is 17.6. The minimum atomic E-state index is -1.76. The van der Waals surface area contributed by atoms with Crippen molar-refractivity contribution in [2.45, 2.75) is 95.8 Å². The van der Waals surface area contributed by atoms with Crippen molar-refractivity contribution >= 4 is 101 Å². The van der Waals surface area contributed by atoms with Gasteiger partial charge in [0.15, 0.2) is 23.3 Å². The molecule has 2 unspecified atom stereocenters. The van der Waals surface area contributed by atoms with E-state index in [0.29, 0.717) is 43.7 Å². The van der Waals surface area contributed by atoms with Gasteiger partial charge in [-0.05, 0) is 77.8 Å². The molecule has 4 aromatic heterocycles. The molecule has 1 aliphatic rings. The maximum absolute atomic E-state index is 16.1. The second kappa shape index (κ2) is 15.2. The van der Waals surface area contributed by atoms with E-state index in [9.17, 15) is 0 Å². The van der Waals surface area contributed by atoms with Crippen LogP contribution in [0.1, 0.15) is 84.6 Å². The van der Waals surface area contributed by atoms with Crippen molar-refractivity contribution in [1.82, 2.24) is 17.5 Å². The van der Waals surface area contributed by atoms with Crippen LogP contribution in [-0.4, -0.2) is 29.0 Å². The van der Waals surface area contributed by atoms with Gasteiger partial charge in [-0.25, -0.2) is 17.6 Å². The van der Waals surface area contributed by atoms with Gasteiger partial charge in [0, 0.05) is 25.1 Å². The van der Waals surface area contributed by atoms with Gasteiger partial charge in [-0.2, -0.15) is 27.5 Å². The molecule has 1 aliphatic heterocycles. The summed E-state index contributed by atoms with van der Waals surface area (Å²) in [5, 5.41) is 0. The van der Waals surface area contributed by atoms with Gasteiger partial charge in [-0.3, -0.25) is 0 Å². The van der Waals surface area contributed by atoms with Crippen LogP contribution in [0.5, 0.6) is 0 Å². The lowest BCUT2D eigenvalue weighted by atomic mass is 10.0. The molecule has 2 aromatic carbocycles. The molecule has 272 valence electrons. The number of hydrogen-bond acceptors (Lipinski definition) is 8. The maximum Gasteiger partial charge on any atom is 0.175 e. The van der Waals surface area contributed by atoms with Gasteiger partial charge in [0.2, 0.25) is 0 Å². The first-order chi connectivity index (χ1) is 24.6. The summed E-state index contributed by atoms with van der Waals surface area (Å²) in [6.45, 7) is 10.5. The van der Waals surface area contributed by atoms with Crippen molar-refractivity contribution in [1.29, 1.82) is 0 Å². The molecule has 0 aliphatic carbocycles. The molecule has 14 heteroatoms. The fourth-order valence-electron chi connectivity index (χ4n) is 7.48. The largest absolute Gasteiger partial charge is 0.203 e. The van der Waals surface area contributed by atoms with Crippen LogP contribution in [-0.2, 0) is 0 Å². The van der Waals surface area contributed by atoms with Crippen molar-refractivity contribution in [3.63, 3.8) is 0 Å². The maximum atomic E-state index is 16.1. The standard InChI is InChI=1S/C37H39F4IN4S5/c1-6-10-12-19(8-3)16-51(17-20(9-4)13-11-7-2)23-14-21(25-28(39)27(38)18(5)32-33(25)44-49-43-32)47-36(23)37-24(51)15-22(48-37)26-29(40)30(41)31(42)35-34(26)45-50-46-35/h14-15,19-20H,6-13,16-17H2,1-5H3. The molecule has 6 aromatic rings. The number of aromatic nitrogens is 4. The Morgan fingerprint density at radius 1 is 0.647 bits per heavy atom. The first-order valence-corrected chi connectivity index (χ1v) is 23.7. The van der Waals surface area contributed by atoms with E-state index < -0.39 is 33.3 Å². The molecule has 0 amide bonds. The summed E-state index contributed by atoms with van der Waals surface area (Å²) in [6, 6.07) is 4.25. The minimum Gasteiger partial charge on any atom is -0.203 e. The minimum absolute atomic E-state index is 0.130. The molecular weight excluding hydrogens is 864 g/mol. The first kappa shape index (κ1) is 37.6. The highest BCUT2D eigenvalue weighted by Crippen LogP contribution is 2.77. The van der Waals surface area contributed by atoms with E-state index in [0.717, 1.165) is 96.1 Å². The van der Waals surface area contributed by atoms with E-state index in [2.05, 4.69) is 57.3 Å². The summed E-state index contributed by atoms with van der Waals surface area (Å²) in [5.41, 5.74) is 1.97. The number of benzene rings is 2. The number of hydrogen-bond donors (Lipinski definition) is 0. The Hall–Kier alpha value is -1.72. The van der Waals surface area contributed by atoms with Gasteiger partial charge in [-0.1, -0.05) is 66.2 Å². The van der Waals surface area contributed by atoms with Gasteiger partial charge in [0.1, 0.15) is 22.1 Å². The number of thiophene rings is 2. The quantitative estimate of drug-likeness (QED) is 0.0621. The molecule has 0 N–H and O–H groups in total. The van der Waals surface area contributed by atoms with Crippen LogP contribution in [0.4, 0.5) is 17.6 Å². The van der Waals surface area contributed by atoms with E-state index in [1.165, 1.54) is 32.5 Å². The van der Waals surface area contributed by atoms with Crippen LogP contribution in [0.15, 0.2) is 21.9 Å². The Labute approximate surface area is 327 Å². The number of halogens is 5. The topological polar surface area (TPSA) is 51.6 Å². The highest BCUT2D eigenvalue weighted by Gasteiger charge is 2.45. The summed E-state index contributed by atoms with van der Waals surface area (Å²) in [7, 11) is -1.76. The Morgan fingerprint density at radius 2 is 1.10 bits per heavy atom. The van der Waals surface area contributed by atoms with Crippen LogP contribution in [0.3, 0.4) is 0 Å². The highest BCUT2D eigenvalue weighted by atomic mass is 127. The Bertz CT molecular complexity index is 2080. The SMILES string of the molecule is CCCCC(CC)CS1(CC(CC)CCCC)c2cc(-c3c(F)c(F)c(C)c4nsnc34)sc2-c2sc(-c3c(F)c(F)c(I)c4nsnc34)cc21. The van der Waals surface area contributed by atoms with Gasteiger partial charge >= 0.3 is 0 Å². The van der Waals surface area contributed by atoms with Crippen LogP contribution in [0.2, 0.25) is 0 Å². The second-order valence-electron chi connectivity index (χ2n) is 13.5. The van der Waals surface area contributed by atoms with Crippen molar-refractivity contribution in [3.8, 4) is 30.6 Å². The van der Waals surface area contributed by atoms with E-state index in [-0.39, 0.29) is 20.3 Å². The average Bonchev–Trinajstić information content (AvgIpc) is 3.97. The Morgan fingerprint density at radius 3 is 1.59 bits per heavy atom. The molecule has 5 heterocycles. The van der Waals surface area contributed by atoms with Crippen molar-refractivity contribution in [2.75, 3.05) is 11.5 Å². The molecule has 51 heavy (non-hydrogen) atoms. The third-order valence-electron chi connectivity index (χ3n) is 10.4. The monoisotopic (exact) mass is 902 g/mol. The molecule has 0 fully saturated rings. The zero-order valence-corrected chi connectivity index (χ0v) is 35.3. The van der Waals surface area contributed by atoms with E-state index in [4.69, 9.17) is 0 Å². The number of unbranched alkanes of at least 4 members (excludes halogenated alkanes) is 2. The molecule has 0 bridgehead atoms. The lowest BCUT2D eigenvalue weighted by Gasteiger charge is -2.42. The molecule has 0 saturated carbocycles. The van der Waals surface area contributed by atoms with Gasteiger partial charge in [0.05, 0.1) is 47.9 Å². The summed E-state index contributed by atoms with van der Waals surface area (Å²) < 4.78 is 80.7. The summed E-state index contributed by atoms with van der Waals surface area (Å²) in [4.78, 5) is 5.74. The molecule has 0 radical (unpaired) electrons. The lowest BCUT2D eigenvalue weighted by Crippen LogP contribution is -2.21. The molecule has 2 atom stereocenters. The molecule has 4 nitrogen and oxygen atoms in total. The van der Waals surface area contributed by atoms with E-state index in [1.807, 2.05) is 0 Å². The number of fused-ring (bicyclic) bond motifs is 5. The zero-order valence-electron chi connectivity index (χ0n) is 29.1. The fraction of sp³-hybridized carbons (Fsp3) is 0.459. The molecule has 7 rings (SSSR count). The number of nitrogens with zero attached hydrogens (tertiary/aromatic N) is 4. The molecule has 0 spiro atoms. The van der Waals surface area contributed by atoms with Gasteiger partial charge in [0.25, 0.3) is 0 Å². The van der Waals surface area contributed by atoms with Crippen molar-refractivity contribution in [2.24, 2.45) is 11.8 Å². The Kier molecular flexibility index (Phi) is 11.2. The fourth-order valence-corrected chi connectivity index (χ4v) is 18.4. The van der Waals surface area contributed by atoms with Crippen LogP contribution >= 0.6 is 78.7 Å². The number of rotatable bonds is 14. The third-order valence-corrected chi connectivity index (χ3v) is 19.6. The summed E-state index contributed by atoms with van der Waals surface area (Å²) in [5.74, 6) is -0.776. The highest BCUT2D eigenvalue weighted by molar-refractivity contribution is 14.1. The summed E-state index contributed by atoms with van der Waals surface area (Å²) in [6.07, 6.45) is 8.77. The normalized spacial score (nSPS) is 18.0. The predicted octanol–water partition coefficient (Wildman–Crippen LogP) is 14.3. The Balaban J connectivity index is 1.51. The molecular formula is C37H39F4IN4S5. The van der Waals surface area contributed by atoms with Crippen LogP contribution in [0.25, 0.3) is 52.7 Å². The van der Waals surface area contributed by atoms with Gasteiger partial charge < -0.3 is 0 Å². The number of aryl methyl sites for hydroxylation is 1. The van der Waals surface area contributed by atoms with Crippen molar-refractivity contribution in [3.05, 3.63) is 44.5 Å². The van der Waals surface area contributed by atoms with E-state index in [1.54, 1.807) is 29.5 Å². The van der Waals surface area contributed by atoms with Crippen LogP contribution < -0.4 is 0 Å². The predicted molar refractivity (Wildman–Crippen MR) is 218 cm³/mol. The van der Waals surface area contributed by atoms with Crippen molar-refractivity contribution < 1.29 is 17.6 Å². The average molecular weight is 903 g/mol. The third kappa shape index (κ3) is 6.28. The second-order valence-corrected chi connectivity index (χ2v) is 21.1. The summed E-state index contributed by atoms with van der Waals surface area (Å²) >= 11 is 6.64. The molecule has 0 saturated heterocycles. The van der Waals surface area contributed by atoms with E-state index >= 15 is 17.6 Å². The smallest absolute Gasteiger partial charge is 0.175 e. The lowest BCUT2D eigenvalue weighted by molar-refractivity contribution is 0.484. The van der Waals surface area contributed by atoms with Crippen LogP contribution in [0, 0.1) is 45.6 Å². The zero-order chi connectivity index (χ0) is 36.2. The van der Waals surface area contributed by atoms with Gasteiger partial charge in [-0.15, -0.1) is 22.7 Å².